The van der Waals surface area contributed by atoms with Crippen molar-refractivity contribution in [1.29, 1.82) is 0 Å². The molecular weight excluding hydrogens is 180 g/mol. The summed E-state index contributed by atoms with van der Waals surface area (Å²) in [5.74, 6) is 0. The summed E-state index contributed by atoms with van der Waals surface area (Å²) in [5.41, 5.74) is 2.85. The van der Waals surface area contributed by atoms with Crippen molar-refractivity contribution in [3.8, 4) is 0 Å². The first-order chi connectivity index (χ1) is 7.22. The molecule has 0 nitrogen and oxygen atoms in total. The van der Waals surface area contributed by atoms with Crippen molar-refractivity contribution < 1.29 is 0 Å². The van der Waals surface area contributed by atoms with Gasteiger partial charge in [-0.2, -0.15) is 0 Å². The Bertz CT molecular complexity index is 485. The maximum absolute atomic E-state index is 4.02. The lowest BCUT2D eigenvalue weighted by molar-refractivity contribution is 0.446. The van der Waals surface area contributed by atoms with Crippen LogP contribution in [0.5, 0.6) is 0 Å². The molecule has 0 amide bonds. The highest BCUT2D eigenvalue weighted by Crippen LogP contribution is 2.57. The molecule has 15 heavy (non-hydrogen) atoms. The lowest BCUT2D eigenvalue weighted by Gasteiger charge is -2.38. The molecule has 0 aliphatic heterocycles. The Morgan fingerprint density at radius 2 is 1.87 bits per heavy atom. The zero-order chi connectivity index (χ0) is 10.5. The van der Waals surface area contributed by atoms with Crippen LogP contribution >= 0.6 is 0 Å². The van der Waals surface area contributed by atoms with Gasteiger partial charge in [-0.15, -0.1) is 6.58 Å². The van der Waals surface area contributed by atoms with Crippen LogP contribution in [0.15, 0.2) is 55.1 Å². The maximum Gasteiger partial charge on any atom is 0.0375 e. The van der Waals surface area contributed by atoms with E-state index in [9.17, 15) is 0 Å². The van der Waals surface area contributed by atoms with Crippen molar-refractivity contribution in [2.45, 2.75) is 12.3 Å². The molecule has 0 fully saturated rings. The van der Waals surface area contributed by atoms with Crippen LogP contribution in [0.25, 0.3) is 6.08 Å². The SMILES string of the molecule is C=CC1(C)c2ccccc2C=CC12C=C2. The van der Waals surface area contributed by atoms with E-state index in [1.165, 1.54) is 11.1 Å². The van der Waals surface area contributed by atoms with Crippen LogP contribution in [0.2, 0.25) is 0 Å². The van der Waals surface area contributed by atoms with E-state index in [2.05, 4.69) is 68.1 Å². The van der Waals surface area contributed by atoms with Crippen LogP contribution in [-0.4, -0.2) is 0 Å². The predicted octanol–water partition coefficient (Wildman–Crippen LogP) is 3.71. The third-order valence-corrected chi connectivity index (χ3v) is 3.89. The summed E-state index contributed by atoms with van der Waals surface area (Å²) in [6.45, 7) is 6.28. The largest absolute Gasteiger partial charge is 0.102 e. The van der Waals surface area contributed by atoms with Gasteiger partial charge in [0.2, 0.25) is 0 Å². The van der Waals surface area contributed by atoms with Gasteiger partial charge in [0, 0.05) is 10.8 Å². The molecule has 1 aromatic carbocycles. The molecular formula is C15H14. The van der Waals surface area contributed by atoms with Gasteiger partial charge in [-0.25, -0.2) is 0 Å². The number of benzene rings is 1. The van der Waals surface area contributed by atoms with E-state index in [-0.39, 0.29) is 10.8 Å². The normalized spacial score (nSPS) is 28.9. The Kier molecular flexibility index (Phi) is 1.46. The number of hydrogen-bond donors (Lipinski definition) is 0. The van der Waals surface area contributed by atoms with Gasteiger partial charge in [0.05, 0.1) is 0 Å². The number of hydrogen-bond acceptors (Lipinski definition) is 0. The first-order valence-electron chi connectivity index (χ1n) is 5.35. The highest BCUT2D eigenvalue weighted by molar-refractivity contribution is 5.68. The average Bonchev–Trinajstić information content (AvgIpc) is 3.06. The van der Waals surface area contributed by atoms with E-state index in [0.717, 1.165) is 0 Å². The molecule has 2 aliphatic rings. The minimum atomic E-state index is 0.0261. The average molecular weight is 194 g/mol. The molecule has 0 heterocycles. The van der Waals surface area contributed by atoms with Gasteiger partial charge in [0.15, 0.2) is 0 Å². The van der Waals surface area contributed by atoms with Crippen molar-refractivity contribution in [3.05, 3.63) is 66.3 Å². The Labute approximate surface area is 90.6 Å². The second-order valence-corrected chi connectivity index (χ2v) is 4.59. The van der Waals surface area contributed by atoms with Crippen LogP contribution in [0.4, 0.5) is 0 Å². The molecule has 74 valence electrons. The van der Waals surface area contributed by atoms with Crippen molar-refractivity contribution in [3.63, 3.8) is 0 Å². The van der Waals surface area contributed by atoms with Crippen molar-refractivity contribution in [1.82, 2.24) is 0 Å². The van der Waals surface area contributed by atoms with Gasteiger partial charge >= 0.3 is 0 Å². The van der Waals surface area contributed by atoms with Crippen LogP contribution in [0.3, 0.4) is 0 Å². The van der Waals surface area contributed by atoms with Crippen LogP contribution < -0.4 is 0 Å². The summed E-state index contributed by atoms with van der Waals surface area (Å²) in [7, 11) is 0. The fraction of sp³-hybridized carbons (Fsp3) is 0.200. The minimum Gasteiger partial charge on any atom is -0.102 e. The fourth-order valence-electron chi connectivity index (χ4n) is 2.58. The fourth-order valence-corrected chi connectivity index (χ4v) is 2.58. The van der Waals surface area contributed by atoms with Gasteiger partial charge in [0.25, 0.3) is 0 Å². The molecule has 1 aromatic rings. The predicted molar refractivity (Wildman–Crippen MR) is 64.6 cm³/mol. The van der Waals surface area contributed by atoms with Crippen LogP contribution in [0.1, 0.15) is 18.1 Å². The molecule has 0 saturated heterocycles. The lowest BCUT2D eigenvalue weighted by Crippen LogP contribution is -2.34. The summed E-state index contributed by atoms with van der Waals surface area (Å²) < 4.78 is 0. The third-order valence-electron chi connectivity index (χ3n) is 3.89. The summed E-state index contributed by atoms with van der Waals surface area (Å²) in [6, 6.07) is 8.58. The maximum atomic E-state index is 4.02. The Morgan fingerprint density at radius 1 is 1.13 bits per heavy atom. The first-order valence-corrected chi connectivity index (χ1v) is 5.35. The second kappa shape index (κ2) is 2.52. The topological polar surface area (TPSA) is 0 Å². The van der Waals surface area contributed by atoms with Crippen LogP contribution in [-0.2, 0) is 5.41 Å². The third kappa shape index (κ3) is 0.918. The number of allylic oxidation sites excluding steroid dienone is 4. The van der Waals surface area contributed by atoms with Gasteiger partial charge < -0.3 is 0 Å². The summed E-state index contributed by atoms with van der Waals surface area (Å²) in [6.07, 6.45) is 11.1. The van der Waals surface area contributed by atoms with Crippen LogP contribution in [0, 0.1) is 5.41 Å². The molecule has 0 N–H and O–H groups in total. The molecule has 3 rings (SSSR count). The number of rotatable bonds is 1. The molecule has 0 bridgehead atoms. The van der Waals surface area contributed by atoms with Gasteiger partial charge in [-0.3, -0.25) is 0 Å². The van der Waals surface area contributed by atoms with Crippen molar-refractivity contribution in [2.75, 3.05) is 0 Å². The highest BCUT2D eigenvalue weighted by atomic mass is 14.5. The van der Waals surface area contributed by atoms with E-state index in [1.54, 1.807) is 0 Å². The molecule has 1 spiro atoms. The first kappa shape index (κ1) is 8.72. The molecule has 2 aliphatic carbocycles. The smallest absolute Gasteiger partial charge is 0.0375 e. The number of fused-ring (bicyclic) bond motifs is 1. The van der Waals surface area contributed by atoms with E-state index in [1.807, 2.05) is 0 Å². The second-order valence-electron chi connectivity index (χ2n) is 4.59. The molecule has 0 heteroatoms. The van der Waals surface area contributed by atoms with E-state index in [4.69, 9.17) is 0 Å². The summed E-state index contributed by atoms with van der Waals surface area (Å²) in [4.78, 5) is 0. The lowest BCUT2D eigenvalue weighted by atomic mass is 9.64. The Hall–Kier alpha value is -1.56. The zero-order valence-electron chi connectivity index (χ0n) is 8.90. The molecule has 1 unspecified atom stereocenters. The monoisotopic (exact) mass is 194 g/mol. The quantitative estimate of drug-likeness (QED) is 0.598. The molecule has 0 radical (unpaired) electrons. The van der Waals surface area contributed by atoms with Gasteiger partial charge in [-0.1, -0.05) is 61.6 Å². The minimum absolute atomic E-state index is 0.0261. The van der Waals surface area contributed by atoms with E-state index in [0.29, 0.717) is 0 Å². The molecule has 0 aromatic heterocycles. The standard InChI is InChI=1S/C15H14/c1-3-14(2)13-7-5-4-6-12(13)8-9-15(14)10-11-15/h3-11H,1H2,2H3. The van der Waals surface area contributed by atoms with E-state index >= 15 is 0 Å². The molecule has 0 saturated carbocycles. The summed E-state index contributed by atoms with van der Waals surface area (Å²) >= 11 is 0. The van der Waals surface area contributed by atoms with Crippen molar-refractivity contribution in [2.24, 2.45) is 5.41 Å². The summed E-state index contributed by atoms with van der Waals surface area (Å²) in [5, 5.41) is 0. The highest BCUT2D eigenvalue weighted by Gasteiger charge is 2.50. The van der Waals surface area contributed by atoms with E-state index < -0.39 is 0 Å². The zero-order valence-corrected chi connectivity index (χ0v) is 8.90. The van der Waals surface area contributed by atoms with Gasteiger partial charge in [0.1, 0.15) is 0 Å². The van der Waals surface area contributed by atoms with Gasteiger partial charge in [-0.05, 0) is 11.1 Å². The Balaban J connectivity index is 2.27. The van der Waals surface area contributed by atoms with Crippen molar-refractivity contribution >= 4 is 6.08 Å². The Morgan fingerprint density at radius 3 is 2.53 bits per heavy atom. The molecule has 1 atom stereocenters.